The third-order valence-corrected chi connectivity index (χ3v) is 1.62. The van der Waals surface area contributed by atoms with Crippen molar-refractivity contribution in [2.24, 2.45) is 5.16 Å². The van der Waals surface area contributed by atoms with Crippen molar-refractivity contribution in [3.63, 3.8) is 0 Å². The maximum absolute atomic E-state index is 12.9. The van der Waals surface area contributed by atoms with E-state index in [0.717, 1.165) is 0 Å². The molecule has 0 bridgehead atoms. The molecule has 0 radical (unpaired) electrons. The highest BCUT2D eigenvalue weighted by atomic mass is 35.5. The van der Waals surface area contributed by atoms with Crippen molar-refractivity contribution < 1.29 is 9.23 Å². The van der Waals surface area contributed by atoms with Gasteiger partial charge in [0.05, 0.1) is 16.8 Å². The Morgan fingerprint density at radius 2 is 2.33 bits per heavy atom. The minimum absolute atomic E-state index is 0.237. The molecule has 0 saturated heterocycles. The van der Waals surface area contributed by atoms with Crippen molar-refractivity contribution in [1.29, 1.82) is 0 Å². The first-order valence-electron chi connectivity index (χ1n) is 3.26. The molecule has 0 aliphatic carbocycles. The van der Waals surface area contributed by atoms with Crippen LogP contribution < -0.4 is 0 Å². The standard InChI is InChI=1S/C8H7ClFNO/c1-12-11-5-6-7(9)3-2-4-8(6)10/h2-5H,1H3. The SMILES string of the molecule is CON=Cc1c(F)cccc1Cl. The predicted octanol–water partition coefficient (Wildman–Crippen LogP) is 2.46. The molecular formula is C8H7ClFNO. The molecule has 0 aliphatic heterocycles. The summed E-state index contributed by atoms with van der Waals surface area (Å²) in [5.74, 6) is -0.414. The van der Waals surface area contributed by atoms with Gasteiger partial charge in [-0.2, -0.15) is 0 Å². The molecule has 2 nitrogen and oxygen atoms in total. The Morgan fingerprint density at radius 1 is 1.58 bits per heavy atom. The summed E-state index contributed by atoms with van der Waals surface area (Å²) in [6, 6.07) is 4.42. The van der Waals surface area contributed by atoms with E-state index in [9.17, 15) is 4.39 Å². The van der Waals surface area contributed by atoms with Gasteiger partial charge in [0.2, 0.25) is 0 Å². The topological polar surface area (TPSA) is 21.6 Å². The first kappa shape index (κ1) is 9.00. The molecule has 0 aromatic heterocycles. The molecule has 64 valence electrons. The van der Waals surface area contributed by atoms with Gasteiger partial charge in [0.1, 0.15) is 12.9 Å². The zero-order valence-corrected chi connectivity index (χ0v) is 7.18. The molecule has 0 heterocycles. The van der Waals surface area contributed by atoms with Gasteiger partial charge in [-0.1, -0.05) is 22.8 Å². The zero-order chi connectivity index (χ0) is 8.97. The minimum Gasteiger partial charge on any atom is -0.399 e. The van der Waals surface area contributed by atoms with E-state index >= 15 is 0 Å². The number of halogens is 2. The maximum Gasteiger partial charge on any atom is 0.133 e. The molecule has 0 amide bonds. The van der Waals surface area contributed by atoms with Crippen molar-refractivity contribution in [3.8, 4) is 0 Å². The summed E-state index contributed by atoms with van der Waals surface area (Å²) in [6.45, 7) is 0. The Morgan fingerprint density at radius 3 is 2.92 bits per heavy atom. The first-order valence-corrected chi connectivity index (χ1v) is 3.64. The molecule has 0 unspecified atom stereocenters. The first-order chi connectivity index (χ1) is 5.75. The number of rotatable bonds is 2. The summed E-state index contributed by atoms with van der Waals surface area (Å²) in [4.78, 5) is 4.40. The van der Waals surface area contributed by atoms with Crippen LogP contribution in [0.1, 0.15) is 5.56 Å². The molecule has 0 fully saturated rings. The third kappa shape index (κ3) is 1.95. The molecule has 12 heavy (non-hydrogen) atoms. The molecule has 0 N–H and O–H groups in total. The summed E-state index contributed by atoms with van der Waals surface area (Å²) in [7, 11) is 1.38. The highest BCUT2D eigenvalue weighted by Gasteiger charge is 2.02. The lowest BCUT2D eigenvalue weighted by atomic mass is 10.2. The molecule has 4 heteroatoms. The summed E-state index contributed by atoms with van der Waals surface area (Å²) >= 11 is 5.68. The summed E-state index contributed by atoms with van der Waals surface area (Å²) in [6.07, 6.45) is 1.23. The zero-order valence-electron chi connectivity index (χ0n) is 6.42. The van der Waals surface area contributed by atoms with E-state index in [0.29, 0.717) is 5.02 Å². The van der Waals surface area contributed by atoms with Gasteiger partial charge in [-0.15, -0.1) is 0 Å². The quantitative estimate of drug-likeness (QED) is 0.515. The summed E-state index contributed by atoms with van der Waals surface area (Å²) in [5.41, 5.74) is 0.237. The monoisotopic (exact) mass is 187 g/mol. The van der Waals surface area contributed by atoms with E-state index in [-0.39, 0.29) is 5.56 Å². The van der Waals surface area contributed by atoms with Gasteiger partial charge in [0.15, 0.2) is 0 Å². The predicted molar refractivity (Wildman–Crippen MR) is 46.0 cm³/mol. The summed E-state index contributed by atoms with van der Waals surface area (Å²) < 4.78 is 12.9. The lowest BCUT2D eigenvalue weighted by Crippen LogP contribution is -1.89. The highest BCUT2D eigenvalue weighted by molar-refractivity contribution is 6.33. The van der Waals surface area contributed by atoms with E-state index in [1.165, 1.54) is 25.5 Å². The van der Waals surface area contributed by atoms with Crippen LogP contribution in [0.3, 0.4) is 0 Å². The van der Waals surface area contributed by atoms with Crippen LogP contribution in [0.5, 0.6) is 0 Å². The molecule has 0 atom stereocenters. The van der Waals surface area contributed by atoms with Crippen LogP contribution in [0.25, 0.3) is 0 Å². The Labute approximate surface area is 74.6 Å². The Hall–Kier alpha value is -1.09. The van der Waals surface area contributed by atoms with Crippen LogP contribution in [0.15, 0.2) is 23.4 Å². The number of oxime groups is 1. The van der Waals surface area contributed by atoms with Gasteiger partial charge in [0, 0.05) is 0 Å². The molecule has 0 saturated carbocycles. The second kappa shape index (κ2) is 4.07. The van der Waals surface area contributed by atoms with Crippen molar-refractivity contribution in [3.05, 3.63) is 34.6 Å². The van der Waals surface area contributed by atoms with Gasteiger partial charge in [0.25, 0.3) is 0 Å². The lowest BCUT2D eigenvalue weighted by molar-refractivity contribution is 0.215. The second-order valence-corrected chi connectivity index (χ2v) is 2.46. The van der Waals surface area contributed by atoms with Crippen LogP contribution in [-0.4, -0.2) is 13.3 Å². The van der Waals surface area contributed by atoms with Gasteiger partial charge >= 0.3 is 0 Å². The minimum atomic E-state index is -0.414. The summed E-state index contributed by atoms with van der Waals surface area (Å²) in [5, 5.41) is 3.73. The fraction of sp³-hybridized carbons (Fsp3) is 0.125. The number of hydrogen-bond donors (Lipinski definition) is 0. The third-order valence-electron chi connectivity index (χ3n) is 1.29. The van der Waals surface area contributed by atoms with Crippen molar-refractivity contribution in [1.82, 2.24) is 0 Å². The Bertz CT molecular complexity index is 281. The molecule has 0 spiro atoms. The van der Waals surface area contributed by atoms with Crippen molar-refractivity contribution in [2.75, 3.05) is 7.11 Å². The number of hydrogen-bond acceptors (Lipinski definition) is 2. The van der Waals surface area contributed by atoms with E-state index in [4.69, 9.17) is 11.6 Å². The van der Waals surface area contributed by atoms with Crippen molar-refractivity contribution in [2.45, 2.75) is 0 Å². The van der Waals surface area contributed by atoms with E-state index in [2.05, 4.69) is 9.99 Å². The fourth-order valence-electron chi connectivity index (χ4n) is 0.739. The van der Waals surface area contributed by atoms with Crippen LogP contribution in [0.4, 0.5) is 4.39 Å². The van der Waals surface area contributed by atoms with E-state index < -0.39 is 5.82 Å². The van der Waals surface area contributed by atoms with Gasteiger partial charge < -0.3 is 4.84 Å². The van der Waals surface area contributed by atoms with Crippen molar-refractivity contribution >= 4 is 17.8 Å². The van der Waals surface area contributed by atoms with Crippen LogP contribution >= 0.6 is 11.6 Å². The molecule has 0 aliphatic rings. The second-order valence-electron chi connectivity index (χ2n) is 2.05. The average molecular weight is 188 g/mol. The number of nitrogens with zero attached hydrogens (tertiary/aromatic N) is 1. The fourth-order valence-corrected chi connectivity index (χ4v) is 0.951. The maximum atomic E-state index is 12.9. The smallest absolute Gasteiger partial charge is 0.133 e. The molecule has 1 aromatic carbocycles. The van der Waals surface area contributed by atoms with Gasteiger partial charge in [-0.3, -0.25) is 0 Å². The Kier molecular flexibility index (Phi) is 3.05. The molecule has 1 aromatic rings. The Balaban J connectivity index is 3.04. The lowest BCUT2D eigenvalue weighted by Gasteiger charge is -1.97. The number of benzene rings is 1. The molecular weight excluding hydrogens is 181 g/mol. The van der Waals surface area contributed by atoms with Gasteiger partial charge in [-0.25, -0.2) is 4.39 Å². The molecule has 1 rings (SSSR count). The highest BCUT2D eigenvalue weighted by Crippen LogP contribution is 2.16. The van der Waals surface area contributed by atoms with E-state index in [1.807, 2.05) is 0 Å². The van der Waals surface area contributed by atoms with E-state index in [1.54, 1.807) is 6.07 Å². The van der Waals surface area contributed by atoms with Crippen LogP contribution in [0, 0.1) is 5.82 Å². The normalized spacial score (nSPS) is 10.6. The van der Waals surface area contributed by atoms with Gasteiger partial charge in [-0.05, 0) is 12.1 Å². The van der Waals surface area contributed by atoms with Crippen LogP contribution in [0.2, 0.25) is 5.02 Å². The van der Waals surface area contributed by atoms with Crippen LogP contribution in [-0.2, 0) is 4.84 Å². The average Bonchev–Trinajstić information content (AvgIpc) is 2.04. The largest absolute Gasteiger partial charge is 0.399 e.